The third-order valence-electron chi connectivity index (χ3n) is 1.83. The highest BCUT2D eigenvalue weighted by atomic mass is 35.5. The van der Waals surface area contributed by atoms with Crippen LogP contribution in [0.1, 0.15) is 0 Å². The Balaban J connectivity index is 2.63. The van der Waals surface area contributed by atoms with Gasteiger partial charge >= 0.3 is 0 Å². The molecule has 2 aromatic rings. The Kier molecular flexibility index (Phi) is 2.35. The first-order valence-corrected chi connectivity index (χ1v) is 4.69. The molecule has 0 saturated carbocycles. The van der Waals surface area contributed by atoms with Gasteiger partial charge in [-0.15, -0.1) is 0 Å². The van der Waals surface area contributed by atoms with E-state index in [1.165, 1.54) is 4.68 Å². The average Bonchev–Trinajstić information content (AvgIpc) is 2.57. The fourth-order valence-corrected chi connectivity index (χ4v) is 1.55. The van der Waals surface area contributed by atoms with Gasteiger partial charge < -0.3 is 5.73 Å². The predicted octanol–water partition coefficient (Wildman–Crippen LogP) is 2.76. The Bertz CT molecular complexity index is 465. The number of rotatable bonds is 1. The highest BCUT2D eigenvalue weighted by Gasteiger charge is 2.08. The van der Waals surface area contributed by atoms with Crippen LogP contribution in [0.5, 0.6) is 0 Å². The molecular weight excluding hydrogens is 221 g/mol. The summed E-state index contributed by atoms with van der Waals surface area (Å²) < 4.78 is 1.54. The van der Waals surface area contributed by atoms with Crippen molar-refractivity contribution in [3.05, 3.63) is 40.5 Å². The Morgan fingerprint density at radius 3 is 2.64 bits per heavy atom. The second-order valence-corrected chi connectivity index (χ2v) is 3.53. The molecule has 72 valence electrons. The molecule has 14 heavy (non-hydrogen) atoms. The summed E-state index contributed by atoms with van der Waals surface area (Å²) in [7, 11) is 0. The fraction of sp³-hybridized carbons (Fsp3) is 0. The topological polar surface area (TPSA) is 43.8 Å². The first-order chi connectivity index (χ1) is 6.70. The van der Waals surface area contributed by atoms with Crippen molar-refractivity contribution in [1.29, 1.82) is 0 Å². The molecule has 0 aliphatic carbocycles. The normalized spacial score (nSPS) is 10.4. The van der Waals surface area contributed by atoms with Crippen LogP contribution in [-0.4, -0.2) is 9.78 Å². The quantitative estimate of drug-likeness (QED) is 0.815. The van der Waals surface area contributed by atoms with E-state index in [1.807, 2.05) is 0 Å². The van der Waals surface area contributed by atoms with E-state index in [-0.39, 0.29) is 0 Å². The molecule has 2 rings (SSSR count). The van der Waals surface area contributed by atoms with Crippen LogP contribution in [0.15, 0.2) is 30.5 Å². The molecule has 1 aromatic heterocycles. The highest BCUT2D eigenvalue weighted by Crippen LogP contribution is 2.28. The van der Waals surface area contributed by atoms with Crippen LogP contribution < -0.4 is 5.73 Å². The van der Waals surface area contributed by atoms with Gasteiger partial charge in [0.05, 0.1) is 21.9 Å². The molecule has 1 aromatic carbocycles. The van der Waals surface area contributed by atoms with E-state index in [1.54, 1.807) is 30.5 Å². The number of hydrogen-bond acceptors (Lipinski definition) is 2. The lowest BCUT2D eigenvalue weighted by Crippen LogP contribution is -2.02. The summed E-state index contributed by atoms with van der Waals surface area (Å²) >= 11 is 11.9. The lowest BCUT2D eigenvalue weighted by molar-refractivity contribution is 0.891. The molecule has 0 fully saturated rings. The summed E-state index contributed by atoms with van der Waals surface area (Å²) in [6.45, 7) is 0. The molecule has 0 bridgehead atoms. The number of aromatic nitrogens is 2. The summed E-state index contributed by atoms with van der Waals surface area (Å²) in [6, 6.07) is 7.01. The standard InChI is InChI=1S/C9H7Cl2N3/c10-6-2-1-3-7(9(6)11)14-8(12)4-5-13-14/h1-5H,12H2. The summed E-state index contributed by atoms with van der Waals surface area (Å²) in [5, 5.41) is 4.97. The second kappa shape index (κ2) is 3.52. The first kappa shape index (κ1) is 9.37. The van der Waals surface area contributed by atoms with Gasteiger partial charge in [0.2, 0.25) is 0 Å². The van der Waals surface area contributed by atoms with Crippen molar-refractivity contribution in [3.63, 3.8) is 0 Å². The maximum Gasteiger partial charge on any atom is 0.127 e. The molecule has 0 saturated heterocycles. The third kappa shape index (κ3) is 1.45. The van der Waals surface area contributed by atoms with Gasteiger partial charge in [-0.2, -0.15) is 5.10 Å². The van der Waals surface area contributed by atoms with Gasteiger partial charge in [-0.05, 0) is 12.1 Å². The third-order valence-corrected chi connectivity index (χ3v) is 2.64. The smallest absolute Gasteiger partial charge is 0.127 e. The Morgan fingerprint density at radius 1 is 1.21 bits per heavy atom. The predicted molar refractivity (Wildman–Crippen MR) is 58.0 cm³/mol. The van der Waals surface area contributed by atoms with Crippen LogP contribution in [0, 0.1) is 0 Å². The van der Waals surface area contributed by atoms with Crippen LogP contribution >= 0.6 is 23.2 Å². The molecule has 3 nitrogen and oxygen atoms in total. The Labute approximate surface area is 91.0 Å². The van der Waals surface area contributed by atoms with E-state index in [2.05, 4.69) is 5.10 Å². The lowest BCUT2D eigenvalue weighted by atomic mass is 10.3. The summed E-state index contributed by atoms with van der Waals surface area (Å²) in [5.74, 6) is 0.522. The zero-order chi connectivity index (χ0) is 10.1. The van der Waals surface area contributed by atoms with Gasteiger partial charge in [-0.25, -0.2) is 4.68 Å². The molecule has 5 heteroatoms. The van der Waals surface area contributed by atoms with E-state index in [4.69, 9.17) is 28.9 Å². The number of nitrogens with two attached hydrogens (primary N) is 1. The van der Waals surface area contributed by atoms with Gasteiger partial charge in [-0.1, -0.05) is 29.3 Å². The number of benzene rings is 1. The first-order valence-electron chi connectivity index (χ1n) is 3.94. The summed E-state index contributed by atoms with van der Waals surface area (Å²) in [6.07, 6.45) is 1.60. The van der Waals surface area contributed by atoms with Crippen molar-refractivity contribution >= 4 is 29.0 Å². The minimum absolute atomic E-state index is 0.449. The number of halogens is 2. The van der Waals surface area contributed by atoms with E-state index in [9.17, 15) is 0 Å². The van der Waals surface area contributed by atoms with E-state index in [0.717, 1.165) is 0 Å². The van der Waals surface area contributed by atoms with E-state index in [0.29, 0.717) is 21.6 Å². The van der Waals surface area contributed by atoms with Gasteiger partial charge in [0, 0.05) is 6.07 Å². The van der Waals surface area contributed by atoms with Crippen molar-refractivity contribution in [2.75, 3.05) is 5.73 Å². The maximum absolute atomic E-state index is 6.01. The summed E-state index contributed by atoms with van der Waals surface area (Å²) in [5.41, 5.74) is 6.37. The number of anilines is 1. The van der Waals surface area contributed by atoms with E-state index < -0.39 is 0 Å². The highest BCUT2D eigenvalue weighted by molar-refractivity contribution is 6.43. The monoisotopic (exact) mass is 227 g/mol. The van der Waals surface area contributed by atoms with Gasteiger partial charge in [0.1, 0.15) is 5.82 Å². The molecule has 0 aliphatic rings. The Morgan fingerprint density at radius 2 is 2.00 bits per heavy atom. The van der Waals surface area contributed by atoms with Crippen LogP contribution in [0.25, 0.3) is 5.69 Å². The average molecular weight is 228 g/mol. The zero-order valence-electron chi connectivity index (χ0n) is 7.11. The van der Waals surface area contributed by atoms with Crippen molar-refractivity contribution in [2.45, 2.75) is 0 Å². The van der Waals surface area contributed by atoms with E-state index >= 15 is 0 Å². The van der Waals surface area contributed by atoms with Crippen molar-refractivity contribution in [2.24, 2.45) is 0 Å². The van der Waals surface area contributed by atoms with Crippen molar-refractivity contribution in [1.82, 2.24) is 9.78 Å². The Hall–Kier alpha value is -1.19. The maximum atomic E-state index is 6.01. The SMILES string of the molecule is Nc1ccnn1-c1cccc(Cl)c1Cl. The van der Waals surface area contributed by atoms with Crippen LogP contribution in [-0.2, 0) is 0 Å². The molecular formula is C9H7Cl2N3. The van der Waals surface area contributed by atoms with Crippen LogP contribution in [0.2, 0.25) is 10.0 Å². The molecule has 2 N–H and O–H groups in total. The van der Waals surface area contributed by atoms with Crippen molar-refractivity contribution in [3.8, 4) is 5.69 Å². The van der Waals surface area contributed by atoms with Crippen LogP contribution in [0.3, 0.4) is 0 Å². The molecule has 0 atom stereocenters. The zero-order valence-corrected chi connectivity index (χ0v) is 8.63. The molecule has 0 radical (unpaired) electrons. The van der Waals surface area contributed by atoms with Crippen molar-refractivity contribution < 1.29 is 0 Å². The number of hydrogen-bond donors (Lipinski definition) is 1. The molecule has 0 unspecified atom stereocenters. The molecule has 0 aliphatic heterocycles. The largest absolute Gasteiger partial charge is 0.384 e. The fourth-order valence-electron chi connectivity index (χ4n) is 1.17. The van der Waals surface area contributed by atoms with Gasteiger partial charge in [0.25, 0.3) is 0 Å². The lowest BCUT2D eigenvalue weighted by Gasteiger charge is -2.06. The van der Waals surface area contributed by atoms with Gasteiger partial charge in [-0.3, -0.25) is 0 Å². The molecule has 0 spiro atoms. The molecule has 0 amide bonds. The second-order valence-electron chi connectivity index (χ2n) is 2.74. The number of nitrogens with zero attached hydrogens (tertiary/aromatic N) is 2. The van der Waals surface area contributed by atoms with Crippen LogP contribution in [0.4, 0.5) is 5.82 Å². The molecule has 1 heterocycles. The van der Waals surface area contributed by atoms with Gasteiger partial charge in [0.15, 0.2) is 0 Å². The summed E-state index contributed by atoms with van der Waals surface area (Å²) in [4.78, 5) is 0. The minimum Gasteiger partial charge on any atom is -0.384 e. The minimum atomic E-state index is 0.449. The number of nitrogen functional groups attached to an aromatic ring is 1.